The van der Waals surface area contributed by atoms with Gasteiger partial charge in [-0.25, -0.2) is 0 Å². The molecule has 0 aromatic heterocycles. The van der Waals surface area contributed by atoms with Crippen LogP contribution in [-0.4, -0.2) is 50.6 Å². The van der Waals surface area contributed by atoms with E-state index in [-0.39, 0.29) is 11.9 Å². The predicted molar refractivity (Wildman–Crippen MR) is 77.8 cm³/mol. The lowest BCUT2D eigenvalue weighted by Crippen LogP contribution is -2.37. The van der Waals surface area contributed by atoms with Crippen molar-refractivity contribution >= 4 is 5.84 Å². The van der Waals surface area contributed by atoms with Crippen LogP contribution >= 0.6 is 0 Å². The second-order valence-corrected chi connectivity index (χ2v) is 4.72. The quantitative estimate of drug-likeness (QED) is 0.302. The van der Waals surface area contributed by atoms with E-state index in [1.54, 1.807) is 13.2 Å². The molecule has 7 nitrogen and oxygen atoms in total. The summed E-state index contributed by atoms with van der Waals surface area (Å²) in [4.78, 5) is 0. The van der Waals surface area contributed by atoms with Crippen LogP contribution in [0.25, 0.3) is 0 Å². The van der Waals surface area contributed by atoms with Crippen LogP contribution < -0.4 is 15.8 Å². The molecule has 1 aromatic carbocycles. The molecule has 1 fully saturated rings. The molecule has 0 amide bonds. The summed E-state index contributed by atoms with van der Waals surface area (Å²) in [5.41, 5.74) is 7.22. The fraction of sp³-hybridized carbons (Fsp3) is 0.500. The molecule has 1 aliphatic rings. The van der Waals surface area contributed by atoms with E-state index in [0.29, 0.717) is 44.2 Å². The molecule has 0 aliphatic carbocycles. The maximum Gasteiger partial charge on any atom is 0.173 e. The average Bonchev–Trinajstić information content (AvgIpc) is 2.55. The highest BCUT2D eigenvalue weighted by Crippen LogP contribution is 2.19. The number of nitrogens with zero attached hydrogens (tertiary/aromatic N) is 1. The topological polar surface area (TPSA) is 98.3 Å². The number of benzene rings is 1. The lowest BCUT2D eigenvalue weighted by Gasteiger charge is -2.23. The van der Waals surface area contributed by atoms with Gasteiger partial charge in [-0.3, -0.25) is 0 Å². The van der Waals surface area contributed by atoms with Crippen LogP contribution in [0.4, 0.5) is 0 Å². The van der Waals surface area contributed by atoms with E-state index in [1.165, 1.54) is 0 Å². The Morgan fingerprint density at radius 2 is 2.38 bits per heavy atom. The van der Waals surface area contributed by atoms with Gasteiger partial charge < -0.3 is 30.5 Å². The van der Waals surface area contributed by atoms with Gasteiger partial charge in [0.2, 0.25) is 0 Å². The molecule has 0 spiro atoms. The van der Waals surface area contributed by atoms with Crippen LogP contribution in [0.1, 0.15) is 11.1 Å². The molecule has 2 rings (SSSR count). The molecule has 7 heteroatoms. The van der Waals surface area contributed by atoms with Gasteiger partial charge in [-0.1, -0.05) is 11.2 Å². The highest BCUT2D eigenvalue weighted by atomic mass is 16.6. The third-order valence-corrected chi connectivity index (χ3v) is 3.23. The highest BCUT2D eigenvalue weighted by Gasteiger charge is 2.14. The van der Waals surface area contributed by atoms with Crippen molar-refractivity contribution < 1.29 is 19.4 Å². The Morgan fingerprint density at radius 1 is 1.52 bits per heavy atom. The minimum atomic E-state index is 0.0257. The van der Waals surface area contributed by atoms with Gasteiger partial charge in [0.1, 0.15) is 5.75 Å². The number of nitrogens with one attached hydrogen (secondary N) is 1. The first kappa shape index (κ1) is 15.6. The van der Waals surface area contributed by atoms with Gasteiger partial charge in [0.25, 0.3) is 0 Å². The zero-order valence-electron chi connectivity index (χ0n) is 12.0. The first-order valence-electron chi connectivity index (χ1n) is 6.79. The Hall–Kier alpha value is -1.83. The summed E-state index contributed by atoms with van der Waals surface area (Å²) in [7, 11) is 1.54. The number of hydrogen-bond acceptors (Lipinski definition) is 6. The maximum atomic E-state index is 8.81. The summed E-state index contributed by atoms with van der Waals surface area (Å²) in [6, 6.07) is 5.56. The Morgan fingerprint density at radius 3 is 3.05 bits per heavy atom. The zero-order chi connectivity index (χ0) is 15.1. The second kappa shape index (κ2) is 7.82. The molecule has 4 N–H and O–H groups in total. The number of nitrogens with two attached hydrogens (primary N) is 1. The lowest BCUT2D eigenvalue weighted by atomic mass is 10.1. The van der Waals surface area contributed by atoms with Crippen molar-refractivity contribution in [2.75, 3.05) is 33.5 Å². The molecule has 1 aromatic rings. The number of oxime groups is 1. The Bertz CT molecular complexity index is 487. The van der Waals surface area contributed by atoms with Crippen molar-refractivity contribution in [1.29, 1.82) is 0 Å². The summed E-state index contributed by atoms with van der Waals surface area (Å²) >= 11 is 0. The predicted octanol–water partition coefficient (Wildman–Crippen LogP) is 0.295. The van der Waals surface area contributed by atoms with Crippen LogP contribution in [0.3, 0.4) is 0 Å². The fourth-order valence-corrected chi connectivity index (χ4v) is 2.15. The van der Waals surface area contributed by atoms with Crippen LogP contribution in [0.15, 0.2) is 23.4 Å². The minimum Gasteiger partial charge on any atom is -0.496 e. The largest absolute Gasteiger partial charge is 0.496 e. The van der Waals surface area contributed by atoms with Crippen LogP contribution in [-0.2, 0) is 16.0 Å². The van der Waals surface area contributed by atoms with E-state index >= 15 is 0 Å². The molecule has 0 saturated carbocycles. The first-order chi connectivity index (χ1) is 10.2. The first-order valence-corrected chi connectivity index (χ1v) is 6.79. The lowest BCUT2D eigenvalue weighted by molar-refractivity contribution is -0.0864. The zero-order valence-corrected chi connectivity index (χ0v) is 12.0. The molecule has 0 bridgehead atoms. The van der Waals surface area contributed by atoms with Crippen molar-refractivity contribution in [3.8, 4) is 5.75 Å². The molecule has 1 aliphatic heterocycles. The van der Waals surface area contributed by atoms with Crippen molar-refractivity contribution in [3.05, 3.63) is 29.3 Å². The van der Waals surface area contributed by atoms with Gasteiger partial charge in [-0.05, 0) is 17.7 Å². The Labute approximate surface area is 123 Å². The molecule has 21 heavy (non-hydrogen) atoms. The van der Waals surface area contributed by atoms with E-state index in [4.69, 9.17) is 25.2 Å². The summed E-state index contributed by atoms with van der Waals surface area (Å²) in [6.45, 7) is 3.28. The SMILES string of the molecule is COc1ccc(CNCC2COCCO2)cc1C(N)=NO. The van der Waals surface area contributed by atoms with E-state index in [2.05, 4.69) is 10.5 Å². The standard InChI is InChI=1S/C14H21N3O4/c1-19-13-3-2-10(6-12(13)14(15)17-18)7-16-8-11-9-20-4-5-21-11/h2-3,6,11,16,18H,4-5,7-9H2,1H3,(H2,15,17). The Kier molecular flexibility index (Phi) is 5.79. The van der Waals surface area contributed by atoms with Crippen molar-refractivity contribution in [3.63, 3.8) is 0 Å². The third-order valence-electron chi connectivity index (χ3n) is 3.23. The van der Waals surface area contributed by atoms with E-state index in [9.17, 15) is 0 Å². The van der Waals surface area contributed by atoms with Gasteiger partial charge in [-0.15, -0.1) is 0 Å². The number of ether oxygens (including phenoxy) is 3. The number of hydrogen-bond donors (Lipinski definition) is 3. The van der Waals surface area contributed by atoms with Gasteiger partial charge >= 0.3 is 0 Å². The van der Waals surface area contributed by atoms with Gasteiger partial charge in [0, 0.05) is 13.1 Å². The maximum absolute atomic E-state index is 8.81. The van der Waals surface area contributed by atoms with Crippen molar-refractivity contribution in [2.24, 2.45) is 10.9 Å². The summed E-state index contributed by atoms with van der Waals surface area (Å²) in [6.07, 6.45) is 0.0838. The molecular weight excluding hydrogens is 274 g/mol. The summed E-state index contributed by atoms with van der Waals surface area (Å²) < 4.78 is 16.1. The van der Waals surface area contributed by atoms with Gasteiger partial charge in [0.15, 0.2) is 5.84 Å². The monoisotopic (exact) mass is 295 g/mol. The van der Waals surface area contributed by atoms with Crippen molar-refractivity contribution in [1.82, 2.24) is 5.32 Å². The molecule has 116 valence electrons. The van der Waals surface area contributed by atoms with Crippen LogP contribution in [0.2, 0.25) is 0 Å². The molecule has 0 radical (unpaired) electrons. The molecule has 1 heterocycles. The van der Waals surface area contributed by atoms with E-state index < -0.39 is 0 Å². The van der Waals surface area contributed by atoms with E-state index in [1.807, 2.05) is 12.1 Å². The summed E-state index contributed by atoms with van der Waals surface area (Å²) in [5.74, 6) is 0.593. The second-order valence-electron chi connectivity index (χ2n) is 4.72. The van der Waals surface area contributed by atoms with Gasteiger partial charge in [-0.2, -0.15) is 0 Å². The number of rotatable bonds is 6. The molecular formula is C14H21N3O4. The fourth-order valence-electron chi connectivity index (χ4n) is 2.15. The Balaban J connectivity index is 1.93. The van der Waals surface area contributed by atoms with Gasteiger partial charge in [0.05, 0.1) is 38.6 Å². The molecule has 1 saturated heterocycles. The third kappa shape index (κ3) is 4.32. The summed E-state index contributed by atoms with van der Waals surface area (Å²) in [5, 5.41) is 15.1. The highest BCUT2D eigenvalue weighted by molar-refractivity contribution is 5.99. The van der Waals surface area contributed by atoms with Crippen LogP contribution in [0.5, 0.6) is 5.75 Å². The smallest absolute Gasteiger partial charge is 0.173 e. The normalized spacial score (nSPS) is 19.5. The number of methoxy groups -OCH3 is 1. The minimum absolute atomic E-state index is 0.0257. The number of amidine groups is 1. The molecule has 1 atom stereocenters. The van der Waals surface area contributed by atoms with Crippen LogP contribution in [0, 0.1) is 0 Å². The average molecular weight is 295 g/mol. The van der Waals surface area contributed by atoms with Crippen molar-refractivity contribution in [2.45, 2.75) is 12.6 Å². The molecule has 1 unspecified atom stereocenters. The van der Waals surface area contributed by atoms with E-state index in [0.717, 1.165) is 5.56 Å².